The Labute approximate surface area is 197 Å². The lowest BCUT2D eigenvalue weighted by Crippen LogP contribution is -2.20. The topological polar surface area (TPSA) is 82.9 Å². The largest absolute Gasteiger partial charge is 0.416 e. The molecule has 0 saturated carbocycles. The first kappa shape index (κ1) is 22.4. The van der Waals surface area contributed by atoms with E-state index in [1.165, 1.54) is 16.8 Å². The number of nitrogens with one attached hydrogen (secondary N) is 2. The summed E-state index contributed by atoms with van der Waals surface area (Å²) in [5.41, 5.74) is 3.10. The van der Waals surface area contributed by atoms with Gasteiger partial charge in [0.05, 0.1) is 23.1 Å². The van der Waals surface area contributed by atoms with Crippen molar-refractivity contribution >= 4 is 22.5 Å². The normalized spacial score (nSPS) is 12.6. The number of hydrogen-bond donors (Lipinski definition) is 3. The predicted octanol–water partition coefficient (Wildman–Crippen LogP) is 5.71. The lowest BCUT2D eigenvalue weighted by Gasteiger charge is -2.11. The van der Waals surface area contributed by atoms with Gasteiger partial charge in [-0.15, -0.1) is 0 Å². The van der Waals surface area contributed by atoms with E-state index in [4.69, 9.17) is 0 Å². The van der Waals surface area contributed by atoms with Gasteiger partial charge in [-0.3, -0.25) is 4.79 Å². The maximum Gasteiger partial charge on any atom is 0.416 e. The molecule has 0 aliphatic carbocycles. The van der Waals surface area contributed by atoms with Crippen molar-refractivity contribution in [2.45, 2.75) is 12.3 Å². The zero-order valence-electron chi connectivity index (χ0n) is 18.1. The highest BCUT2D eigenvalue weighted by Gasteiger charge is 2.30. The lowest BCUT2D eigenvalue weighted by atomic mass is 10.1. The minimum Gasteiger partial charge on any atom is -0.378 e. The number of aromatic nitrogens is 3. The number of amides is 1. The van der Waals surface area contributed by atoms with E-state index in [1.807, 2.05) is 18.2 Å². The van der Waals surface area contributed by atoms with Crippen molar-refractivity contribution < 1.29 is 23.1 Å². The number of carbonyl (C=O) groups excluding carboxylic acids is 1. The first-order valence-electron chi connectivity index (χ1n) is 10.7. The predicted molar refractivity (Wildman–Crippen MR) is 126 cm³/mol. The van der Waals surface area contributed by atoms with Crippen molar-refractivity contribution in [1.82, 2.24) is 14.8 Å². The smallest absolute Gasteiger partial charge is 0.378 e. The maximum absolute atomic E-state index is 12.8. The van der Waals surface area contributed by atoms with Gasteiger partial charge in [0.15, 0.2) is 6.10 Å². The summed E-state index contributed by atoms with van der Waals surface area (Å²) in [6, 6.07) is 19.0. The van der Waals surface area contributed by atoms with Crippen LogP contribution >= 0.6 is 0 Å². The molecule has 0 aliphatic heterocycles. The van der Waals surface area contributed by atoms with Gasteiger partial charge in [-0.2, -0.15) is 18.3 Å². The van der Waals surface area contributed by atoms with Gasteiger partial charge in [-0.1, -0.05) is 36.4 Å². The van der Waals surface area contributed by atoms with Crippen LogP contribution in [-0.4, -0.2) is 25.8 Å². The van der Waals surface area contributed by atoms with Crippen LogP contribution < -0.4 is 5.32 Å². The van der Waals surface area contributed by atoms with E-state index in [0.29, 0.717) is 16.9 Å². The van der Waals surface area contributed by atoms with Gasteiger partial charge < -0.3 is 15.4 Å². The maximum atomic E-state index is 12.8. The molecule has 3 N–H and O–H groups in total. The van der Waals surface area contributed by atoms with Crippen molar-refractivity contribution in [3.63, 3.8) is 0 Å². The Morgan fingerprint density at radius 3 is 2.46 bits per heavy atom. The highest BCUT2D eigenvalue weighted by Crippen LogP contribution is 2.31. The second-order valence-corrected chi connectivity index (χ2v) is 7.98. The third kappa shape index (κ3) is 4.53. The molecule has 2 heterocycles. The molecular weight excluding hydrogens is 457 g/mol. The number of fused-ring (bicyclic) bond motifs is 1. The van der Waals surface area contributed by atoms with Crippen LogP contribution in [-0.2, 0) is 11.0 Å². The van der Waals surface area contributed by atoms with Gasteiger partial charge in [-0.05, 0) is 47.5 Å². The third-order valence-electron chi connectivity index (χ3n) is 5.68. The van der Waals surface area contributed by atoms with E-state index in [2.05, 4.69) is 15.4 Å². The molecule has 9 heteroatoms. The molecule has 1 amide bonds. The minimum absolute atomic E-state index is 0.487. The number of aliphatic hydroxyl groups excluding tert-OH is 1. The number of nitrogens with zero attached hydrogens (tertiary/aromatic N) is 2. The van der Waals surface area contributed by atoms with Crippen LogP contribution in [0.15, 0.2) is 91.4 Å². The number of carbonyl (C=O) groups is 1. The molecule has 0 spiro atoms. The molecule has 1 atom stereocenters. The molecule has 0 bridgehead atoms. The van der Waals surface area contributed by atoms with Crippen LogP contribution in [0.25, 0.3) is 27.7 Å². The zero-order valence-corrected chi connectivity index (χ0v) is 18.1. The SMILES string of the molecule is O=C(Nc1c[nH]c2ccc(-c3cnn(-c4ccc(C(F)(F)F)cc4)c3)cc12)C(O)c1ccccc1. The van der Waals surface area contributed by atoms with E-state index >= 15 is 0 Å². The highest BCUT2D eigenvalue weighted by molar-refractivity contribution is 6.04. The van der Waals surface area contributed by atoms with E-state index in [-0.39, 0.29) is 0 Å². The van der Waals surface area contributed by atoms with Crippen LogP contribution in [0.4, 0.5) is 18.9 Å². The Bertz CT molecular complexity index is 1490. The standard InChI is InChI=1S/C26H19F3N4O2/c27-26(28,29)19-7-9-20(10-8-19)33-15-18(13-31-33)17-6-11-22-21(12-17)23(14-30-22)32-25(35)24(34)16-4-2-1-3-5-16/h1-15,24,30,34H,(H,32,35). The molecule has 6 nitrogen and oxygen atoms in total. The second kappa shape index (κ2) is 8.77. The van der Waals surface area contributed by atoms with Crippen LogP contribution in [0.1, 0.15) is 17.2 Å². The Kier molecular flexibility index (Phi) is 5.62. The van der Waals surface area contributed by atoms with E-state index < -0.39 is 23.8 Å². The average Bonchev–Trinajstić information content (AvgIpc) is 3.51. The van der Waals surface area contributed by atoms with Crippen molar-refractivity contribution in [3.8, 4) is 16.8 Å². The van der Waals surface area contributed by atoms with E-state index in [1.54, 1.807) is 48.9 Å². The molecule has 3 aromatic carbocycles. The summed E-state index contributed by atoms with van der Waals surface area (Å²) in [6.07, 6.45) is -0.734. The number of aliphatic hydroxyl groups is 1. The lowest BCUT2D eigenvalue weighted by molar-refractivity contribution is -0.137. The average molecular weight is 476 g/mol. The van der Waals surface area contributed by atoms with Crippen LogP contribution in [0, 0.1) is 0 Å². The number of halogens is 3. The number of hydrogen-bond acceptors (Lipinski definition) is 3. The van der Waals surface area contributed by atoms with Gasteiger partial charge in [0.2, 0.25) is 0 Å². The van der Waals surface area contributed by atoms with E-state index in [0.717, 1.165) is 34.2 Å². The summed E-state index contributed by atoms with van der Waals surface area (Å²) in [5.74, 6) is -0.558. The van der Waals surface area contributed by atoms with E-state index in [9.17, 15) is 23.1 Å². The molecule has 5 rings (SSSR count). The summed E-state index contributed by atoms with van der Waals surface area (Å²) < 4.78 is 40.0. The molecule has 0 radical (unpaired) electrons. The minimum atomic E-state index is -4.40. The quantitative estimate of drug-likeness (QED) is 0.304. The zero-order chi connectivity index (χ0) is 24.6. The molecular formula is C26H19F3N4O2. The molecule has 0 aliphatic rings. The fourth-order valence-corrected chi connectivity index (χ4v) is 3.81. The number of benzene rings is 3. The molecule has 0 saturated heterocycles. The monoisotopic (exact) mass is 476 g/mol. The number of alkyl halides is 3. The Morgan fingerprint density at radius 1 is 1.00 bits per heavy atom. The second-order valence-electron chi connectivity index (χ2n) is 7.98. The fourth-order valence-electron chi connectivity index (χ4n) is 3.81. The Balaban J connectivity index is 1.39. The van der Waals surface area contributed by atoms with Gasteiger partial charge in [0.25, 0.3) is 5.91 Å². The van der Waals surface area contributed by atoms with Crippen LogP contribution in [0.2, 0.25) is 0 Å². The molecule has 2 aromatic heterocycles. The molecule has 0 fully saturated rings. The summed E-state index contributed by atoms with van der Waals surface area (Å²) in [7, 11) is 0. The first-order valence-corrected chi connectivity index (χ1v) is 10.7. The van der Waals surface area contributed by atoms with Gasteiger partial charge in [0, 0.05) is 28.9 Å². The van der Waals surface area contributed by atoms with Gasteiger partial charge >= 0.3 is 6.18 Å². The molecule has 35 heavy (non-hydrogen) atoms. The van der Waals surface area contributed by atoms with Crippen LogP contribution in [0.5, 0.6) is 0 Å². The third-order valence-corrected chi connectivity index (χ3v) is 5.68. The van der Waals surface area contributed by atoms with Crippen LogP contribution in [0.3, 0.4) is 0 Å². The van der Waals surface area contributed by atoms with Crippen molar-refractivity contribution in [2.75, 3.05) is 5.32 Å². The number of anilines is 1. The molecule has 5 aromatic rings. The summed E-state index contributed by atoms with van der Waals surface area (Å²) in [5, 5.41) is 18.1. The number of aromatic amines is 1. The Hall–Kier alpha value is -4.37. The molecule has 1 unspecified atom stereocenters. The highest BCUT2D eigenvalue weighted by atomic mass is 19.4. The van der Waals surface area contributed by atoms with Crippen molar-refractivity contribution in [3.05, 3.63) is 103 Å². The summed E-state index contributed by atoms with van der Waals surface area (Å²) in [6.45, 7) is 0. The fraction of sp³-hybridized carbons (Fsp3) is 0.0769. The van der Waals surface area contributed by atoms with Crippen molar-refractivity contribution in [2.24, 2.45) is 0 Å². The summed E-state index contributed by atoms with van der Waals surface area (Å²) >= 11 is 0. The van der Waals surface area contributed by atoms with Gasteiger partial charge in [-0.25, -0.2) is 4.68 Å². The first-order chi connectivity index (χ1) is 16.8. The number of H-pyrrole nitrogens is 1. The number of rotatable bonds is 5. The molecule has 176 valence electrons. The van der Waals surface area contributed by atoms with Gasteiger partial charge in [0.1, 0.15) is 0 Å². The summed E-state index contributed by atoms with van der Waals surface area (Å²) in [4.78, 5) is 15.7. The van der Waals surface area contributed by atoms with Crippen molar-refractivity contribution in [1.29, 1.82) is 0 Å². The Morgan fingerprint density at radius 2 is 1.74 bits per heavy atom.